The predicted molar refractivity (Wildman–Crippen MR) is 64.3 cm³/mol. The summed E-state index contributed by atoms with van der Waals surface area (Å²) < 4.78 is 4.75. The number of anilines is 1. The minimum absolute atomic E-state index is 0.00875. The van der Waals surface area contributed by atoms with Crippen molar-refractivity contribution in [3.05, 3.63) is 41.3 Å². The molecule has 1 aromatic heterocycles. The van der Waals surface area contributed by atoms with Crippen molar-refractivity contribution in [3.63, 3.8) is 0 Å². The lowest BCUT2D eigenvalue weighted by molar-refractivity contribution is 0.0696. The molecule has 1 amide bonds. The molecule has 0 saturated heterocycles. The Kier molecular flexibility index (Phi) is 3.19. The first-order valence-corrected chi connectivity index (χ1v) is 5.28. The molecule has 1 aromatic carbocycles. The summed E-state index contributed by atoms with van der Waals surface area (Å²) >= 11 is 0. The van der Waals surface area contributed by atoms with Crippen molar-refractivity contribution < 1.29 is 24.3 Å². The molecule has 0 fully saturated rings. The standard InChI is InChI=1S/C12H10N2O5/c1-6-4-9(14-19-6)11(16)13-8-5-7(12(17)18)2-3-10(8)15/h2-5,15H,1H3,(H,13,16)(H,17,18). The van der Waals surface area contributed by atoms with Crippen LogP contribution in [0.25, 0.3) is 0 Å². The third-order valence-electron chi connectivity index (χ3n) is 2.35. The number of nitrogens with one attached hydrogen (secondary N) is 1. The Morgan fingerprint density at radius 3 is 2.63 bits per heavy atom. The number of phenols is 1. The highest BCUT2D eigenvalue weighted by Gasteiger charge is 2.14. The number of aromatic carboxylic acids is 1. The third kappa shape index (κ3) is 2.71. The van der Waals surface area contributed by atoms with Gasteiger partial charge >= 0.3 is 5.97 Å². The van der Waals surface area contributed by atoms with Gasteiger partial charge in [-0.1, -0.05) is 5.16 Å². The average molecular weight is 262 g/mol. The number of amides is 1. The Bertz CT molecular complexity index is 647. The van der Waals surface area contributed by atoms with Crippen LogP contribution in [0.15, 0.2) is 28.8 Å². The topological polar surface area (TPSA) is 113 Å². The Labute approximate surface area is 107 Å². The Morgan fingerprint density at radius 2 is 2.05 bits per heavy atom. The highest BCUT2D eigenvalue weighted by atomic mass is 16.5. The van der Waals surface area contributed by atoms with E-state index in [-0.39, 0.29) is 22.7 Å². The van der Waals surface area contributed by atoms with Crippen LogP contribution in [0.5, 0.6) is 5.75 Å². The fraction of sp³-hybridized carbons (Fsp3) is 0.0833. The van der Waals surface area contributed by atoms with Gasteiger partial charge in [-0.2, -0.15) is 0 Å². The number of carbonyl (C=O) groups is 2. The molecule has 0 radical (unpaired) electrons. The lowest BCUT2D eigenvalue weighted by atomic mass is 10.2. The zero-order valence-electron chi connectivity index (χ0n) is 9.88. The molecule has 0 unspecified atom stereocenters. The molecule has 0 spiro atoms. The number of aromatic hydroxyl groups is 1. The van der Waals surface area contributed by atoms with Gasteiger partial charge in [-0.25, -0.2) is 4.79 Å². The Hall–Kier alpha value is -2.83. The molecule has 0 bridgehead atoms. The van der Waals surface area contributed by atoms with Crippen molar-refractivity contribution in [1.82, 2.24) is 5.16 Å². The molecule has 98 valence electrons. The molecule has 19 heavy (non-hydrogen) atoms. The van der Waals surface area contributed by atoms with E-state index in [4.69, 9.17) is 9.63 Å². The largest absolute Gasteiger partial charge is 0.506 e. The normalized spacial score (nSPS) is 10.2. The molecule has 7 nitrogen and oxygen atoms in total. The van der Waals surface area contributed by atoms with Gasteiger partial charge in [0.15, 0.2) is 5.69 Å². The SMILES string of the molecule is Cc1cc(C(=O)Nc2cc(C(=O)O)ccc2O)no1. The van der Waals surface area contributed by atoms with Gasteiger partial charge in [0.25, 0.3) is 5.91 Å². The number of hydrogen-bond acceptors (Lipinski definition) is 5. The van der Waals surface area contributed by atoms with Crippen molar-refractivity contribution in [1.29, 1.82) is 0 Å². The minimum atomic E-state index is -1.16. The van der Waals surface area contributed by atoms with E-state index >= 15 is 0 Å². The summed E-state index contributed by atoms with van der Waals surface area (Å²) in [5, 5.41) is 24.3. The average Bonchev–Trinajstić information content (AvgIpc) is 2.78. The van der Waals surface area contributed by atoms with Crippen molar-refractivity contribution in [2.45, 2.75) is 6.92 Å². The second-order valence-electron chi connectivity index (χ2n) is 3.81. The predicted octanol–water partition coefficient (Wildman–Crippen LogP) is 1.64. The number of carbonyl (C=O) groups excluding carboxylic acids is 1. The number of aryl methyl sites for hydroxylation is 1. The second kappa shape index (κ2) is 4.81. The summed E-state index contributed by atoms with van der Waals surface area (Å²) in [5.41, 5.74) is -0.0207. The van der Waals surface area contributed by atoms with Crippen LogP contribution in [0.1, 0.15) is 26.6 Å². The summed E-state index contributed by atoms with van der Waals surface area (Å²) in [7, 11) is 0. The smallest absolute Gasteiger partial charge is 0.335 e. The molecule has 1 heterocycles. The van der Waals surface area contributed by atoms with Crippen molar-refractivity contribution >= 4 is 17.6 Å². The quantitative estimate of drug-likeness (QED) is 0.725. The number of carboxylic acid groups (broad SMARTS) is 1. The lowest BCUT2D eigenvalue weighted by Crippen LogP contribution is -2.13. The van der Waals surface area contributed by atoms with E-state index in [0.717, 1.165) is 6.07 Å². The molecule has 0 saturated carbocycles. The first-order chi connectivity index (χ1) is 8.97. The van der Waals surface area contributed by atoms with E-state index in [1.165, 1.54) is 18.2 Å². The van der Waals surface area contributed by atoms with Crippen molar-refractivity contribution in [2.24, 2.45) is 0 Å². The third-order valence-corrected chi connectivity index (χ3v) is 2.35. The Balaban J connectivity index is 2.25. The highest BCUT2D eigenvalue weighted by molar-refractivity contribution is 6.04. The van der Waals surface area contributed by atoms with Gasteiger partial charge in [0.1, 0.15) is 11.5 Å². The summed E-state index contributed by atoms with van der Waals surface area (Å²) in [6, 6.07) is 5.00. The van der Waals surface area contributed by atoms with Crippen molar-refractivity contribution in [2.75, 3.05) is 5.32 Å². The van der Waals surface area contributed by atoms with E-state index in [1.54, 1.807) is 6.92 Å². The van der Waals surface area contributed by atoms with E-state index in [2.05, 4.69) is 10.5 Å². The number of nitrogens with zero attached hydrogens (tertiary/aromatic N) is 1. The van der Waals surface area contributed by atoms with Gasteiger partial charge in [-0.3, -0.25) is 4.79 Å². The molecule has 0 atom stereocenters. The van der Waals surface area contributed by atoms with Gasteiger partial charge < -0.3 is 20.1 Å². The van der Waals surface area contributed by atoms with E-state index in [1.807, 2.05) is 0 Å². The van der Waals surface area contributed by atoms with Crippen LogP contribution in [-0.4, -0.2) is 27.2 Å². The molecular formula is C12H10N2O5. The zero-order chi connectivity index (χ0) is 14.0. The zero-order valence-corrected chi connectivity index (χ0v) is 9.88. The molecule has 0 aliphatic rings. The molecular weight excluding hydrogens is 252 g/mol. The van der Waals surface area contributed by atoms with E-state index in [0.29, 0.717) is 5.76 Å². The first-order valence-electron chi connectivity index (χ1n) is 5.28. The highest BCUT2D eigenvalue weighted by Crippen LogP contribution is 2.24. The fourth-order valence-corrected chi connectivity index (χ4v) is 1.43. The maximum atomic E-state index is 11.8. The number of phenolic OH excluding ortho intramolecular Hbond substituents is 1. The summed E-state index contributed by atoms with van der Waals surface area (Å²) in [6.45, 7) is 1.63. The Morgan fingerprint density at radius 1 is 1.32 bits per heavy atom. The van der Waals surface area contributed by atoms with Gasteiger partial charge in [0.2, 0.25) is 0 Å². The van der Waals surface area contributed by atoms with Crippen LogP contribution < -0.4 is 5.32 Å². The summed E-state index contributed by atoms with van der Waals surface area (Å²) in [5.74, 6) is -1.53. The molecule has 3 N–H and O–H groups in total. The number of carboxylic acids is 1. The molecule has 0 aliphatic carbocycles. The van der Waals surface area contributed by atoms with Crippen LogP contribution in [-0.2, 0) is 0 Å². The van der Waals surface area contributed by atoms with Crippen LogP contribution >= 0.6 is 0 Å². The van der Waals surface area contributed by atoms with Crippen LogP contribution in [0.4, 0.5) is 5.69 Å². The van der Waals surface area contributed by atoms with Crippen LogP contribution in [0, 0.1) is 6.92 Å². The number of rotatable bonds is 3. The van der Waals surface area contributed by atoms with Crippen molar-refractivity contribution in [3.8, 4) is 5.75 Å². The minimum Gasteiger partial charge on any atom is -0.506 e. The molecule has 7 heteroatoms. The lowest BCUT2D eigenvalue weighted by Gasteiger charge is -2.06. The van der Waals surface area contributed by atoms with Crippen LogP contribution in [0.2, 0.25) is 0 Å². The monoisotopic (exact) mass is 262 g/mol. The molecule has 2 aromatic rings. The fourth-order valence-electron chi connectivity index (χ4n) is 1.43. The van der Waals surface area contributed by atoms with Gasteiger partial charge in [0.05, 0.1) is 11.3 Å². The van der Waals surface area contributed by atoms with Gasteiger partial charge in [-0.05, 0) is 25.1 Å². The van der Waals surface area contributed by atoms with Gasteiger partial charge in [-0.15, -0.1) is 0 Å². The van der Waals surface area contributed by atoms with E-state index < -0.39 is 11.9 Å². The maximum Gasteiger partial charge on any atom is 0.335 e. The first kappa shape index (κ1) is 12.6. The second-order valence-corrected chi connectivity index (χ2v) is 3.81. The van der Waals surface area contributed by atoms with Crippen LogP contribution in [0.3, 0.4) is 0 Å². The maximum absolute atomic E-state index is 11.8. The van der Waals surface area contributed by atoms with Gasteiger partial charge in [0, 0.05) is 6.07 Å². The van der Waals surface area contributed by atoms with E-state index in [9.17, 15) is 14.7 Å². The summed E-state index contributed by atoms with van der Waals surface area (Å²) in [6.07, 6.45) is 0. The molecule has 2 rings (SSSR count). The number of benzene rings is 1. The molecule has 0 aliphatic heterocycles. The summed E-state index contributed by atoms with van der Waals surface area (Å²) in [4.78, 5) is 22.6. The number of hydrogen-bond donors (Lipinski definition) is 3. The number of aromatic nitrogens is 1.